The Bertz CT molecular complexity index is 743. The van der Waals surface area contributed by atoms with E-state index in [2.05, 4.69) is 16.9 Å². The van der Waals surface area contributed by atoms with E-state index in [0.717, 1.165) is 29.8 Å². The van der Waals surface area contributed by atoms with Crippen molar-refractivity contribution < 1.29 is 5.11 Å². The van der Waals surface area contributed by atoms with Crippen LogP contribution in [0.5, 0.6) is 0 Å². The first-order valence-corrected chi connectivity index (χ1v) is 8.71. The molecule has 132 valence electrons. The van der Waals surface area contributed by atoms with Crippen molar-refractivity contribution in [1.82, 2.24) is 19.4 Å². The van der Waals surface area contributed by atoms with Crippen molar-refractivity contribution >= 4 is 10.9 Å². The van der Waals surface area contributed by atoms with E-state index < -0.39 is 6.23 Å². The van der Waals surface area contributed by atoms with Gasteiger partial charge in [0.1, 0.15) is 11.7 Å². The lowest BCUT2D eigenvalue weighted by atomic mass is 9.93. The summed E-state index contributed by atoms with van der Waals surface area (Å²) in [6.45, 7) is 3.19. The van der Waals surface area contributed by atoms with E-state index >= 15 is 0 Å². The van der Waals surface area contributed by atoms with Crippen molar-refractivity contribution in [2.45, 2.75) is 25.5 Å². The lowest BCUT2D eigenvalue weighted by Crippen LogP contribution is -2.33. The minimum atomic E-state index is -0.707. The summed E-state index contributed by atoms with van der Waals surface area (Å²) in [6.07, 6.45) is 6.37. The van der Waals surface area contributed by atoms with Crippen LogP contribution in [0.4, 0.5) is 0 Å². The normalized spacial score (nSPS) is 18.5. The van der Waals surface area contributed by atoms with Gasteiger partial charge < -0.3 is 19.6 Å². The largest absolute Gasteiger partial charge is 0.374 e. The summed E-state index contributed by atoms with van der Waals surface area (Å²) in [5.41, 5.74) is 1.26. The molecule has 0 saturated carbocycles. The molecule has 0 spiro atoms. The second kappa shape index (κ2) is 7.09. The number of likely N-dealkylation sites (tertiary alicyclic amines) is 1. The van der Waals surface area contributed by atoms with Crippen LogP contribution < -0.4 is 5.56 Å². The van der Waals surface area contributed by atoms with E-state index in [0.29, 0.717) is 5.52 Å². The van der Waals surface area contributed by atoms with Crippen molar-refractivity contribution in [1.29, 1.82) is 0 Å². The first kappa shape index (κ1) is 17.2. The molecule has 3 rings (SSSR count). The maximum atomic E-state index is 12.1. The molecule has 1 atom stereocenters. The van der Waals surface area contributed by atoms with E-state index in [1.807, 2.05) is 18.0 Å². The topological polar surface area (TPSA) is 64.5 Å². The fourth-order valence-electron chi connectivity index (χ4n) is 3.60. The summed E-state index contributed by atoms with van der Waals surface area (Å²) in [4.78, 5) is 19.5. The minimum absolute atomic E-state index is 0.0695. The molecule has 0 amide bonds. The van der Waals surface area contributed by atoms with Gasteiger partial charge in [-0.05, 0) is 58.4 Å². The second-order valence-corrected chi connectivity index (χ2v) is 7.16. The fraction of sp³-hybridized carbons (Fsp3) is 0.611. The SMILES string of the molecule is CN1CCC(CCN(C)C(O)c2cn(C)c(=O)c3[nH]ccc23)CC1. The Kier molecular flexibility index (Phi) is 5.08. The number of hydrogen-bond donors (Lipinski definition) is 2. The Balaban J connectivity index is 1.70. The molecule has 1 saturated heterocycles. The fourth-order valence-corrected chi connectivity index (χ4v) is 3.60. The van der Waals surface area contributed by atoms with Gasteiger partial charge in [0.15, 0.2) is 0 Å². The number of rotatable bonds is 5. The summed E-state index contributed by atoms with van der Waals surface area (Å²) >= 11 is 0. The standard InChI is InChI=1S/C18H28N4O2/c1-20-9-5-13(6-10-20)7-11-21(2)17(23)15-12-22(3)18(24)16-14(15)4-8-19-16/h4,8,12-13,17,19,23H,5-7,9-11H2,1-3H3. The van der Waals surface area contributed by atoms with Gasteiger partial charge in [-0.2, -0.15) is 0 Å². The van der Waals surface area contributed by atoms with Crippen LogP contribution in [0.2, 0.25) is 0 Å². The number of piperidine rings is 1. The molecule has 0 aromatic carbocycles. The van der Waals surface area contributed by atoms with Gasteiger partial charge in [0.2, 0.25) is 0 Å². The van der Waals surface area contributed by atoms with Crippen LogP contribution in [-0.4, -0.2) is 58.2 Å². The molecule has 2 aromatic rings. The Morgan fingerprint density at radius 2 is 2.08 bits per heavy atom. The highest BCUT2D eigenvalue weighted by Crippen LogP contribution is 2.25. The minimum Gasteiger partial charge on any atom is -0.374 e. The highest BCUT2D eigenvalue weighted by molar-refractivity contribution is 5.82. The average Bonchev–Trinajstić information content (AvgIpc) is 3.06. The summed E-state index contributed by atoms with van der Waals surface area (Å²) in [5.74, 6) is 0.739. The molecular formula is C18H28N4O2. The maximum Gasteiger partial charge on any atom is 0.274 e. The average molecular weight is 332 g/mol. The summed E-state index contributed by atoms with van der Waals surface area (Å²) in [7, 11) is 5.84. The van der Waals surface area contributed by atoms with Crippen LogP contribution in [0.3, 0.4) is 0 Å². The Hall–Kier alpha value is -1.63. The zero-order valence-electron chi connectivity index (χ0n) is 14.8. The van der Waals surface area contributed by atoms with E-state index in [4.69, 9.17) is 0 Å². The highest BCUT2D eigenvalue weighted by atomic mass is 16.3. The number of aromatic nitrogens is 2. The maximum absolute atomic E-state index is 12.1. The highest BCUT2D eigenvalue weighted by Gasteiger charge is 2.21. The Morgan fingerprint density at radius 1 is 1.38 bits per heavy atom. The molecule has 24 heavy (non-hydrogen) atoms. The van der Waals surface area contributed by atoms with Gasteiger partial charge in [0.25, 0.3) is 5.56 Å². The molecule has 1 unspecified atom stereocenters. The summed E-state index contributed by atoms with van der Waals surface area (Å²) < 4.78 is 1.53. The lowest BCUT2D eigenvalue weighted by molar-refractivity contribution is 0.0162. The quantitative estimate of drug-likeness (QED) is 0.815. The van der Waals surface area contributed by atoms with Crippen LogP contribution in [0.15, 0.2) is 23.3 Å². The molecule has 2 N–H and O–H groups in total. The summed E-state index contributed by atoms with van der Waals surface area (Å²) in [5, 5.41) is 11.6. The number of aromatic amines is 1. The van der Waals surface area contributed by atoms with E-state index in [1.165, 1.54) is 30.5 Å². The predicted octanol–water partition coefficient (Wildman–Crippen LogP) is 1.52. The first-order valence-electron chi connectivity index (χ1n) is 8.71. The van der Waals surface area contributed by atoms with Crippen molar-refractivity contribution in [3.8, 4) is 0 Å². The van der Waals surface area contributed by atoms with Gasteiger partial charge in [0, 0.05) is 36.9 Å². The molecule has 0 radical (unpaired) electrons. The number of pyridine rings is 1. The van der Waals surface area contributed by atoms with Gasteiger partial charge in [-0.3, -0.25) is 9.69 Å². The van der Waals surface area contributed by atoms with Crippen LogP contribution in [0.25, 0.3) is 10.9 Å². The van der Waals surface area contributed by atoms with Gasteiger partial charge in [-0.1, -0.05) is 0 Å². The third-order valence-electron chi connectivity index (χ3n) is 5.35. The number of nitrogens with zero attached hydrogens (tertiary/aromatic N) is 3. The van der Waals surface area contributed by atoms with Crippen LogP contribution >= 0.6 is 0 Å². The van der Waals surface area contributed by atoms with Gasteiger partial charge in [-0.15, -0.1) is 0 Å². The number of H-pyrrole nitrogens is 1. The van der Waals surface area contributed by atoms with Crippen LogP contribution in [0, 0.1) is 5.92 Å². The third kappa shape index (κ3) is 3.41. The van der Waals surface area contributed by atoms with Crippen LogP contribution in [-0.2, 0) is 7.05 Å². The molecule has 1 aliphatic rings. The smallest absolute Gasteiger partial charge is 0.274 e. The molecular weight excluding hydrogens is 304 g/mol. The van der Waals surface area contributed by atoms with Crippen molar-refractivity contribution in [3.63, 3.8) is 0 Å². The van der Waals surface area contributed by atoms with Crippen molar-refractivity contribution in [3.05, 3.63) is 34.4 Å². The predicted molar refractivity (Wildman–Crippen MR) is 96.0 cm³/mol. The van der Waals surface area contributed by atoms with Gasteiger partial charge in [-0.25, -0.2) is 0 Å². The molecule has 0 aliphatic carbocycles. The second-order valence-electron chi connectivity index (χ2n) is 7.16. The summed E-state index contributed by atoms with van der Waals surface area (Å²) in [6, 6.07) is 1.86. The number of aryl methyl sites for hydroxylation is 1. The molecule has 1 fully saturated rings. The van der Waals surface area contributed by atoms with E-state index in [9.17, 15) is 9.90 Å². The van der Waals surface area contributed by atoms with Crippen molar-refractivity contribution in [2.75, 3.05) is 33.7 Å². The van der Waals surface area contributed by atoms with E-state index in [1.54, 1.807) is 19.4 Å². The number of aliphatic hydroxyl groups excluding tert-OH is 1. The Labute approximate surface area is 142 Å². The lowest BCUT2D eigenvalue weighted by Gasteiger charge is -2.31. The van der Waals surface area contributed by atoms with Crippen molar-refractivity contribution in [2.24, 2.45) is 13.0 Å². The number of hydrogen-bond acceptors (Lipinski definition) is 4. The zero-order valence-corrected chi connectivity index (χ0v) is 14.8. The molecule has 2 aromatic heterocycles. The zero-order chi connectivity index (χ0) is 17.3. The molecule has 6 nitrogen and oxygen atoms in total. The van der Waals surface area contributed by atoms with E-state index in [-0.39, 0.29) is 5.56 Å². The van der Waals surface area contributed by atoms with Gasteiger partial charge in [0.05, 0.1) is 0 Å². The first-order chi connectivity index (χ1) is 11.5. The molecule has 1 aliphatic heterocycles. The Morgan fingerprint density at radius 3 is 2.79 bits per heavy atom. The van der Waals surface area contributed by atoms with Gasteiger partial charge >= 0.3 is 0 Å². The number of fused-ring (bicyclic) bond motifs is 1. The molecule has 3 heterocycles. The molecule has 0 bridgehead atoms. The number of aliphatic hydroxyl groups is 1. The number of nitrogens with one attached hydrogen (secondary N) is 1. The monoisotopic (exact) mass is 332 g/mol. The van der Waals surface area contributed by atoms with Crippen LogP contribution in [0.1, 0.15) is 31.1 Å². The molecule has 6 heteroatoms. The third-order valence-corrected chi connectivity index (χ3v) is 5.35.